The molecule has 0 aromatic heterocycles. The van der Waals surface area contributed by atoms with E-state index < -0.39 is 5.91 Å². The zero-order valence-corrected chi connectivity index (χ0v) is 13.4. The van der Waals surface area contributed by atoms with E-state index in [0.717, 1.165) is 0 Å². The maximum Gasteiger partial charge on any atom is 0.271 e. The Labute approximate surface area is 139 Å². The van der Waals surface area contributed by atoms with E-state index in [4.69, 9.17) is 9.47 Å². The molecular weight excluding hydrogens is 310 g/mol. The number of methoxy groups -OCH3 is 2. The minimum atomic E-state index is -0.435. The van der Waals surface area contributed by atoms with Gasteiger partial charge in [-0.3, -0.25) is 4.79 Å². The highest BCUT2D eigenvalue weighted by Gasteiger charge is 2.11. The number of benzene rings is 2. The van der Waals surface area contributed by atoms with Crippen LogP contribution in [-0.4, -0.2) is 32.4 Å². The molecule has 0 heterocycles. The topological polar surface area (TPSA) is 89.4 Å². The molecule has 0 saturated carbocycles. The van der Waals surface area contributed by atoms with Crippen molar-refractivity contribution in [1.29, 1.82) is 0 Å². The van der Waals surface area contributed by atoms with Gasteiger partial charge in [0.15, 0.2) is 11.5 Å². The van der Waals surface area contributed by atoms with Crippen LogP contribution < -0.4 is 14.9 Å². The Morgan fingerprint density at radius 2 is 1.71 bits per heavy atom. The first kappa shape index (κ1) is 17.1. The Balaban J connectivity index is 2.19. The molecule has 0 aliphatic rings. The van der Waals surface area contributed by atoms with Crippen molar-refractivity contribution in [2.45, 2.75) is 0 Å². The summed E-state index contributed by atoms with van der Waals surface area (Å²) >= 11 is 0. The Bertz CT molecular complexity index is 745. The number of hydrazone groups is 1. The number of rotatable bonds is 7. The maximum absolute atomic E-state index is 12.2. The number of ether oxygens (including phenoxy) is 2. The third-order valence-electron chi connectivity index (χ3n) is 3.26. The fourth-order valence-corrected chi connectivity index (χ4v) is 2.04. The van der Waals surface area contributed by atoms with Gasteiger partial charge in [0, 0.05) is 5.56 Å². The fourth-order valence-electron chi connectivity index (χ4n) is 2.04. The molecule has 0 unspecified atom stereocenters. The monoisotopic (exact) mass is 327 g/mol. The molecule has 1 N–H and O–H groups in total. The highest BCUT2D eigenvalue weighted by Crippen LogP contribution is 2.27. The summed E-state index contributed by atoms with van der Waals surface area (Å²) in [6, 6.07) is 13.8. The van der Waals surface area contributed by atoms with Crippen molar-refractivity contribution in [3.05, 3.63) is 64.6 Å². The van der Waals surface area contributed by atoms with Crippen molar-refractivity contribution >= 4 is 11.6 Å². The summed E-state index contributed by atoms with van der Waals surface area (Å²) in [4.78, 5) is 22.8. The minimum absolute atomic E-state index is 0.143. The standard InChI is InChI=1S/C17H17N3O4/c1-23-15-9-8-13(10-16(15)24-2)17(21)20-19-14(11-18-22)12-6-4-3-5-7-12/h3-10H,11H2,1-2H3,(H,20,21). The van der Waals surface area contributed by atoms with E-state index in [1.807, 2.05) is 18.2 Å². The van der Waals surface area contributed by atoms with Gasteiger partial charge >= 0.3 is 0 Å². The normalized spacial score (nSPS) is 10.8. The molecule has 0 bridgehead atoms. The van der Waals surface area contributed by atoms with Crippen molar-refractivity contribution in [3.8, 4) is 11.5 Å². The number of carbonyl (C=O) groups excluding carboxylic acids is 1. The molecule has 2 aromatic rings. The third-order valence-corrected chi connectivity index (χ3v) is 3.26. The van der Waals surface area contributed by atoms with Crippen molar-refractivity contribution in [2.75, 3.05) is 20.8 Å². The quantitative estimate of drug-likeness (QED) is 0.481. The summed E-state index contributed by atoms with van der Waals surface area (Å²) in [5.41, 5.74) is 3.86. The average molecular weight is 327 g/mol. The second kappa shape index (κ2) is 8.42. The van der Waals surface area contributed by atoms with Gasteiger partial charge in [-0.25, -0.2) is 5.43 Å². The molecule has 124 valence electrons. The Morgan fingerprint density at radius 1 is 1.00 bits per heavy atom. The summed E-state index contributed by atoms with van der Waals surface area (Å²) in [6.07, 6.45) is 0. The molecule has 24 heavy (non-hydrogen) atoms. The maximum atomic E-state index is 12.2. The Hall–Kier alpha value is -3.22. The lowest BCUT2D eigenvalue weighted by atomic mass is 10.1. The number of hydrogen-bond donors (Lipinski definition) is 1. The van der Waals surface area contributed by atoms with Crippen molar-refractivity contribution in [2.24, 2.45) is 10.3 Å². The predicted octanol–water partition coefficient (Wildman–Crippen LogP) is 2.60. The van der Waals surface area contributed by atoms with Gasteiger partial charge in [0.05, 0.1) is 19.9 Å². The van der Waals surface area contributed by atoms with Gasteiger partial charge in [0.1, 0.15) is 6.54 Å². The summed E-state index contributed by atoms with van der Waals surface area (Å²) in [6.45, 7) is -0.143. The molecule has 7 nitrogen and oxygen atoms in total. The molecule has 0 fully saturated rings. The van der Waals surface area contributed by atoms with Crippen LogP contribution in [0.3, 0.4) is 0 Å². The highest BCUT2D eigenvalue weighted by molar-refractivity contribution is 6.03. The van der Waals surface area contributed by atoms with E-state index in [1.54, 1.807) is 30.3 Å². The van der Waals surface area contributed by atoms with Gasteiger partial charge in [-0.1, -0.05) is 35.5 Å². The van der Waals surface area contributed by atoms with Crippen LogP contribution in [0.25, 0.3) is 0 Å². The SMILES string of the molecule is COc1ccc(C(=O)NN=C(CN=O)c2ccccc2)cc1OC. The molecule has 1 amide bonds. The van der Waals surface area contributed by atoms with Crippen LogP contribution in [0.5, 0.6) is 11.5 Å². The van der Waals surface area contributed by atoms with Crippen molar-refractivity contribution in [1.82, 2.24) is 5.43 Å². The summed E-state index contributed by atoms with van der Waals surface area (Å²) in [5, 5.41) is 6.85. The van der Waals surface area contributed by atoms with Gasteiger partial charge < -0.3 is 9.47 Å². The number of hydrogen-bond acceptors (Lipinski definition) is 6. The van der Waals surface area contributed by atoms with Crippen LogP contribution in [0.1, 0.15) is 15.9 Å². The van der Waals surface area contributed by atoms with Crippen molar-refractivity contribution < 1.29 is 14.3 Å². The first-order chi connectivity index (χ1) is 11.7. The van der Waals surface area contributed by atoms with Gasteiger partial charge in [-0.15, -0.1) is 0 Å². The summed E-state index contributed by atoms with van der Waals surface area (Å²) in [5.74, 6) is 0.523. The number of nitrogens with one attached hydrogen (secondary N) is 1. The van der Waals surface area contributed by atoms with Crippen LogP contribution in [0.15, 0.2) is 58.8 Å². The number of amides is 1. The van der Waals surface area contributed by atoms with Crippen LogP contribution in [0.4, 0.5) is 0 Å². The van der Waals surface area contributed by atoms with E-state index >= 15 is 0 Å². The molecule has 7 heteroatoms. The summed E-state index contributed by atoms with van der Waals surface area (Å²) < 4.78 is 10.3. The molecule has 0 aliphatic carbocycles. The number of nitrogens with zero attached hydrogens (tertiary/aromatic N) is 2. The average Bonchev–Trinajstić information content (AvgIpc) is 2.64. The molecule has 2 rings (SSSR count). The molecular formula is C17H17N3O4. The van der Waals surface area contributed by atoms with E-state index in [2.05, 4.69) is 15.7 Å². The first-order valence-corrected chi connectivity index (χ1v) is 7.13. The Morgan fingerprint density at radius 3 is 2.33 bits per heavy atom. The lowest BCUT2D eigenvalue weighted by Crippen LogP contribution is -2.21. The molecule has 2 aromatic carbocycles. The van der Waals surface area contributed by atoms with E-state index in [0.29, 0.717) is 28.3 Å². The van der Waals surface area contributed by atoms with Crippen LogP contribution in [0, 0.1) is 4.91 Å². The Kier molecular flexibility index (Phi) is 6.01. The van der Waals surface area contributed by atoms with E-state index in [1.165, 1.54) is 14.2 Å². The third kappa shape index (κ3) is 4.16. The predicted molar refractivity (Wildman–Crippen MR) is 90.7 cm³/mol. The first-order valence-electron chi connectivity index (χ1n) is 7.13. The number of carbonyl (C=O) groups is 1. The van der Waals surface area contributed by atoms with Crippen molar-refractivity contribution in [3.63, 3.8) is 0 Å². The van der Waals surface area contributed by atoms with Gasteiger partial charge in [0.2, 0.25) is 0 Å². The minimum Gasteiger partial charge on any atom is -0.493 e. The number of nitroso groups, excluding NO2 is 1. The smallest absolute Gasteiger partial charge is 0.271 e. The zero-order chi connectivity index (χ0) is 17.4. The van der Waals surface area contributed by atoms with E-state index in [-0.39, 0.29) is 6.54 Å². The van der Waals surface area contributed by atoms with Crippen LogP contribution in [-0.2, 0) is 0 Å². The second-order valence-corrected chi connectivity index (χ2v) is 4.72. The largest absolute Gasteiger partial charge is 0.493 e. The van der Waals surface area contributed by atoms with Crippen LogP contribution >= 0.6 is 0 Å². The van der Waals surface area contributed by atoms with Gasteiger partial charge in [-0.05, 0) is 23.8 Å². The molecule has 0 atom stereocenters. The van der Waals surface area contributed by atoms with E-state index in [9.17, 15) is 9.70 Å². The second-order valence-electron chi connectivity index (χ2n) is 4.72. The summed E-state index contributed by atoms with van der Waals surface area (Å²) in [7, 11) is 3.00. The fraction of sp³-hybridized carbons (Fsp3) is 0.176. The molecule has 0 saturated heterocycles. The molecule has 0 aliphatic heterocycles. The molecule has 0 spiro atoms. The van der Waals surface area contributed by atoms with Gasteiger partial charge in [0.25, 0.3) is 5.91 Å². The lowest BCUT2D eigenvalue weighted by molar-refractivity contribution is 0.0954. The van der Waals surface area contributed by atoms with Crippen LogP contribution in [0.2, 0.25) is 0 Å². The zero-order valence-electron chi connectivity index (χ0n) is 13.4. The lowest BCUT2D eigenvalue weighted by Gasteiger charge is -2.09. The highest BCUT2D eigenvalue weighted by atomic mass is 16.5. The molecule has 0 radical (unpaired) electrons. The van der Waals surface area contributed by atoms with Gasteiger partial charge in [-0.2, -0.15) is 10.0 Å².